The first-order valence-corrected chi connectivity index (χ1v) is 5.09. The van der Waals surface area contributed by atoms with Gasteiger partial charge in [0.1, 0.15) is 10.7 Å². The minimum absolute atomic E-state index is 0.353. The van der Waals surface area contributed by atoms with Crippen LogP contribution in [0.15, 0.2) is 36.9 Å². The smallest absolute Gasteiger partial charge is 0.120 e. The van der Waals surface area contributed by atoms with E-state index in [2.05, 4.69) is 4.98 Å². The van der Waals surface area contributed by atoms with Crippen molar-refractivity contribution in [2.75, 3.05) is 7.11 Å². The molecule has 4 nitrogen and oxygen atoms in total. The van der Waals surface area contributed by atoms with Gasteiger partial charge < -0.3 is 15.0 Å². The Morgan fingerprint density at radius 3 is 2.88 bits per heavy atom. The van der Waals surface area contributed by atoms with Gasteiger partial charge in [0.05, 0.1) is 19.1 Å². The van der Waals surface area contributed by atoms with E-state index in [1.54, 1.807) is 19.6 Å². The Balaban J connectivity index is 2.59. The molecule has 2 rings (SSSR count). The highest BCUT2D eigenvalue weighted by Crippen LogP contribution is 2.21. The summed E-state index contributed by atoms with van der Waals surface area (Å²) in [5, 5.41) is 0. The SMILES string of the molecule is COc1ccc(C(N)=S)c(-n2ccnc2)c1. The fourth-order valence-corrected chi connectivity index (χ4v) is 1.63. The van der Waals surface area contributed by atoms with Gasteiger partial charge in [-0.1, -0.05) is 12.2 Å². The monoisotopic (exact) mass is 233 g/mol. The number of methoxy groups -OCH3 is 1. The number of thiocarbonyl (C=S) groups is 1. The van der Waals surface area contributed by atoms with Crippen LogP contribution in [0, 0.1) is 0 Å². The van der Waals surface area contributed by atoms with E-state index in [-0.39, 0.29) is 0 Å². The second kappa shape index (κ2) is 4.32. The van der Waals surface area contributed by atoms with Gasteiger partial charge in [-0.3, -0.25) is 0 Å². The number of hydrogen-bond acceptors (Lipinski definition) is 3. The second-order valence-electron chi connectivity index (χ2n) is 3.22. The molecule has 0 fully saturated rings. The Labute approximate surface area is 98.7 Å². The van der Waals surface area contributed by atoms with E-state index < -0.39 is 0 Å². The van der Waals surface area contributed by atoms with Gasteiger partial charge in [0, 0.05) is 24.0 Å². The molecule has 0 amide bonds. The highest BCUT2D eigenvalue weighted by Gasteiger charge is 2.08. The van der Waals surface area contributed by atoms with E-state index in [9.17, 15) is 0 Å². The molecule has 2 N–H and O–H groups in total. The zero-order valence-electron chi connectivity index (χ0n) is 8.75. The molecule has 0 radical (unpaired) electrons. The summed E-state index contributed by atoms with van der Waals surface area (Å²) < 4.78 is 7.01. The fourth-order valence-electron chi connectivity index (χ4n) is 1.46. The van der Waals surface area contributed by atoms with Crippen LogP contribution in [0.1, 0.15) is 5.56 Å². The maximum absolute atomic E-state index is 5.67. The Bertz CT molecular complexity index is 508. The Kier molecular flexibility index (Phi) is 2.87. The molecule has 0 bridgehead atoms. The van der Waals surface area contributed by atoms with Crippen molar-refractivity contribution in [3.8, 4) is 11.4 Å². The molecule has 5 heteroatoms. The van der Waals surface area contributed by atoms with Gasteiger partial charge in [0.25, 0.3) is 0 Å². The summed E-state index contributed by atoms with van der Waals surface area (Å²) in [6.45, 7) is 0. The molecule has 1 aromatic carbocycles. The molecular formula is C11H11N3OS. The average Bonchev–Trinajstić information content (AvgIpc) is 2.81. The molecule has 0 aliphatic carbocycles. The molecule has 0 atom stereocenters. The first kappa shape index (κ1) is 10.6. The van der Waals surface area contributed by atoms with E-state index in [1.165, 1.54) is 0 Å². The zero-order valence-corrected chi connectivity index (χ0v) is 9.57. The lowest BCUT2D eigenvalue weighted by Crippen LogP contribution is -2.13. The molecule has 0 unspecified atom stereocenters. The third-order valence-corrected chi connectivity index (χ3v) is 2.47. The Morgan fingerprint density at radius 2 is 2.31 bits per heavy atom. The van der Waals surface area contributed by atoms with Crippen LogP contribution in [-0.4, -0.2) is 21.6 Å². The number of nitrogens with zero attached hydrogens (tertiary/aromatic N) is 2. The van der Waals surface area contributed by atoms with Crippen LogP contribution in [0.3, 0.4) is 0 Å². The van der Waals surface area contributed by atoms with Crippen molar-refractivity contribution in [1.82, 2.24) is 9.55 Å². The third kappa shape index (κ3) is 1.90. The van der Waals surface area contributed by atoms with Crippen molar-refractivity contribution in [2.45, 2.75) is 0 Å². The normalized spacial score (nSPS) is 10.1. The van der Waals surface area contributed by atoms with Crippen LogP contribution in [0.5, 0.6) is 5.75 Å². The highest BCUT2D eigenvalue weighted by atomic mass is 32.1. The van der Waals surface area contributed by atoms with Gasteiger partial charge in [0.2, 0.25) is 0 Å². The maximum atomic E-state index is 5.67. The van der Waals surface area contributed by atoms with Crippen LogP contribution in [0.4, 0.5) is 0 Å². The molecule has 1 heterocycles. The van der Waals surface area contributed by atoms with Gasteiger partial charge in [0.15, 0.2) is 0 Å². The lowest BCUT2D eigenvalue weighted by Gasteiger charge is -2.10. The summed E-state index contributed by atoms with van der Waals surface area (Å²) in [6, 6.07) is 5.54. The molecule has 0 aliphatic heterocycles. The Morgan fingerprint density at radius 1 is 1.50 bits per heavy atom. The standard InChI is InChI=1S/C11H11N3OS/c1-15-8-2-3-9(11(12)16)10(6-8)14-5-4-13-7-14/h2-7H,1H3,(H2,12,16). The van der Waals surface area contributed by atoms with Gasteiger partial charge in [-0.25, -0.2) is 4.98 Å². The Hall–Kier alpha value is -1.88. The van der Waals surface area contributed by atoms with Crippen LogP contribution in [-0.2, 0) is 0 Å². The molecule has 0 spiro atoms. The topological polar surface area (TPSA) is 53.1 Å². The molecule has 0 saturated carbocycles. The molecule has 2 aromatic rings. The zero-order chi connectivity index (χ0) is 11.5. The van der Waals surface area contributed by atoms with Crippen LogP contribution in [0.2, 0.25) is 0 Å². The molecular weight excluding hydrogens is 222 g/mol. The van der Waals surface area contributed by atoms with Crippen molar-refractivity contribution in [3.63, 3.8) is 0 Å². The van der Waals surface area contributed by atoms with Crippen molar-refractivity contribution in [2.24, 2.45) is 5.73 Å². The minimum Gasteiger partial charge on any atom is -0.497 e. The van der Waals surface area contributed by atoms with Crippen molar-refractivity contribution < 1.29 is 4.74 Å². The van der Waals surface area contributed by atoms with E-state index in [0.29, 0.717) is 4.99 Å². The lowest BCUT2D eigenvalue weighted by atomic mass is 10.1. The number of ether oxygens (including phenoxy) is 1. The highest BCUT2D eigenvalue weighted by molar-refractivity contribution is 7.80. The van der Waals surface area contributed by atoms with Crippen LogP contribution < -0.4 is 10.5 Å². The van der Waals surface area contributed by atoms with Crippen molar-refractivity contribution in [1.29, 1.82) is 0 Å². The number of nitrogens with two attached hydrogens (primary N) is 1. The molecule has 16 heavy (non-hydrogen) atoms. The van der Waals surface area contributed by atoms with Gasteiger partial charge in [-0.05, 0) is 12.1 Å². The predicted molar refractivity (Wildman–Crippen MR) is 66.0 cm³/mol. The molecule has 1 aromatic heterocycles. The van der Waals surface area contributed by atoms with Crippen LogP contribution in [0.25, 0.3) is 5.69 Å². The summed E-state index contributed by atoms with van der Waals surface area (Å²) in [5.41, 5.74) is 7.33. The first-order valence-electron chi connectivity index (χ1n) is 4.68. The van der Waals surface area contributed by atoms with E-state index in [4.69, 9.17) is 22.7 Å². The summed E-state index contributed by atoms with van der Waals surface area (Å²) in [4.78, 5) is 4.35. The number of benzene rings is 1. The van der Waals surface area contributed by atoms with Crippen molar-refractivity contribution in [3.05, 3.63) is 42.5 Å². The fraction of sp³-hybridized carbons (Fsp3) is 0.0909. The molecule has 0 aliphatic rings. The minimum atomic E-state index is 0.353. The van der Waals surface area contributed by atoms with Gasteiger partial charge >= 0.3 is 0 Å². The van der Waals surface area contributed by atoms with Crippen molar-refractivity contribution >= 4 is 17.2 Å². The quantitative estimate of drug-likeness (QED) is 0.817. The van der Waals surface area contributed by atoms with E-state index in [0.717, 1.165) is 17.0 Å². The second-order valence-corrected chi connectivity index (χ2v) is 3.66. The van der Waals surface area contributed by atoms with Crippen LogP contribution >= 0.6 is 12.2 Å². The lowest BCUT2D eigenvalue weighted by molar-refractivity contribution is 0.414. The molecule has 0 saturated heterocycles. The third-order valence-electron chi connectivity index (χ3n) is 2.25. The number of imidazole rings is 1. The largest absolute Gasteiger partial charge is 0.497 e. The number of hydrogen-bond donors (Lipinski definition) is 1. The predicted octanol–water partition coefficient (Wildman–Crippen LogP) is 1.52. The molecule has 82 valence electrons. The average molecular weight is 233 g/mol. The summed E-state index contributed by atoms with van der Waals surface area (Å²) in [5.74, 6) is 0.753. The summed E-state index contributed by atoms with van der Waals surface area (Å²) >= 11 is 5.01. The summed E-state index contributed by atoms with van der Waals surface area (Å²) in [6.07, 6.45) is 5.22. The van der Waals surface area contributed by atoms with E-state index >= 15 is 0 Å². The van der Waals surface area contributed by atoms with Gasteiger partial charge in [-0.2, -0.15) is 0 Å². The van der Waals surface area contributed by atoms with E-state index in [1.807, 2.05) is 29.0 Å². The maximum Gasteiger partial charge on any atom is 0.120 e. The number of aromatic nitrogens is 2. The number of rotatable bonds is 3. The summed E-state index contributed by atoms with van der Waals surface area (Å²) in [7, 11) is 1.62. The van der Waals surface area contributed by atoms with Gasteiger partial charge in [-0.15, -0.1) is 0 Å². The first-order chi connectivity index (χ1) is 7.72.